The summed E-state index contributed by atoms with van der Waals surface area (Å²) in [6.45, 7) is 0.187. The van der Waals surface area contributed by atoms with Gasteiger partial charge in [-0.3, -0.25) is 9.59 Å². The molecule has 2 aromatic carbocycles. The Labute approximate surface area is 158 Å². The minimum atomic E-state index is -0.598. The first kappa shape index (κ1) is 18.0. The van der Waals surface area contributed by atoms with Crippen LogP contribution in [0.3, 0.4) is 0 Å². The van der Waals surface area contributed by atoms with Gasteiger partial charge in [0.05, 0.1) is 15.7 Å². The number of nitrogens with zero attached hydrogens (tertiary/aromatic N) is 1. The summed E-state index contributed by atoms with van der Waals surface area (Å²) in [5.41, 5.74) is 1.14. The van der Waals surface area contributed by atoms with Gasteiger partial charge in [-0.1, -0.05) is 29.3 Å². The topological polar surface area (TPSA) is 95.1 Å². The van der Waals surface area contributed by atoms with Crippen LogP contribution in [-0.4, -0.2) is 21.2 Å². The average Bonchev–Trinajstić information content (AvgIpc) is 2.63. The standard InChI is InChI=1S/C18H13Cl2N3O3/c19-14-6-1-10(7-15(14)20)9-21-17(25)13-8-16(22-23-18(13)26)11-2-4-12(24)5-3-11/h1-8,24H,9H2,(H,21,25)(H,23,26). The summed E-state index contributed by atoms with van der Waals surface area (Å²) in [6.07, 6.45) is 0. The van der Waals surface area contributed by atoms with Crippen molar-refractivity contribution in [2.24, 2.45) is 0 Å². The third-order valence-corrected chi connectivity index (χ3v) is 4.39. The molecule has 0 bridgehead atoms. The number of phenolic OH excluding ortho intramolecular Hbond substituents is 1. The van der Waals surface area contributed by atoms with Gasteiger partial charge in [0.2, 0.25) is 0 Å². The molecule has 0 aliphatic carbocycles. The molecule has 0 aliphatic heterocycles. The van der Waals surface area contributed by atoms with Gasteiger partial charge in [0, 0.05) is 12.1 Å². The first-order valence-corrected chi connectivity index (χ1v) is 8.31. The van der Waals surface area contributed by atoms with Crippen molar-refractivity contribution in [2.75, 3.05) is 0 Å². The van der Waals surface area contributed by atoms with Crippen LogP contribution in [0.2, 0.25) is 10.0 Å². The Morgan fingerprint density at radius 1 is 1.08 bits per heavy atom. The lowest BCUT2D eigenvalue weighted by Gasteiger charge is -2.07. The number of nitrogens with one attached hydrogen (secondary N) is 2. The van der Waals surface area contributed by atoms with Crippen LogP contribution >= 0.6 is 23.2 Å². The van der Waals surface area contributed by atoms with E-state index in [0.29, 0.717) is 21.3 Å². The van der Waals surface area contributed by atoms with E-state index in [-0.39, 0.29) is 17.9 Å². The highest BCUT2D eigenvalue weighted by Gasteiger charge is 2.13. The molecule has 0 radical (unpaired) electrons. The van der Waals surface area contributed by atoms with Crippen LogP contribution in [-0.2, 0) is 6.54 Å². The van der Waals surface area contributed by atoms with Crippen molar-refractivity contribution in [3.63, 3.8) is 0 Å². The van der Waals surface area contributed by atoms with E-state index in [2.05, 4.69) is 15.5 Å². The molecule has 0 spiro atoms. The lowest BCUT2D eigenvalue weighted by Crippen LogP contribution is -2.29. The molecule has 1 heterocycles. The highest BCUT2D eigenvalue weighted by atomic mass is 35.5. The zero-order valence-corrected chi connectivity index (χ0v) is 14.8. The van der Waals surface area contributed by atoms with Gasteiger partial charge in [-0.15, -0.1) is 0 Å². The summed E-state index contributed by atoms with van der Waals surface area (Å²) in [7, 11) is 0. The van der Waals surface area contributed by atoms with Crippen LogP contribution in [0.5, 0.6) is 5.75 Å². The molecule has 26 heavy (non-hydrogen) atoms. The number of benzene rings is 2. The second-order valence-corrected chi connectivity index (χ2v) is 6.29. The van der Waals surface area contributed by atoms with Crippen molar-refractivity contribution in [2.45, 2.75) is 6.54 Å². The molecular formula is C18H13Cl2N3O3. The molecule has 1 amide bonds. The van der Waals surface area contributed by atoms with Crippen molar-refractivity contribution in [1.29, 1.82) is 0 Å². The van der Waals surface area contributed by atoms with E-state index in [1.165, 1.54) is 18.2 Å². The normalized spacial score (nSPS) is 10.5. The Balaban J connectivity index is 1.80. The van der Waals surface area contributed by atoms with Gasteiger partial charge >= 0.3 is 0 Å². The van der Waals surface area contributed by atoms with E-state index < -0.39 is 11.5 Å². The van der Waals surface area contributed by atoms with Gasteiger partial charge < -0.3 is 10.4 Å². The van der Waals surface area contributed by atoms with Gasteiger partial charge in [-0.2, -0.15) is 5.10 Å². The van der Waals surface area contributed by atoms with Crippen molar-refractivity contribution in [1.82, 2.24) is 15.5 Å². The molecule has 132 valence electrons. The summed E-state index contributed by atoms with van der Waals surface area (Å²) in [5, 5.41) is 19.1. The monoisotopic (exact) mass is 389 g/mol. The molecule has 0 aliphatic rings. The van der Waals surface area contributed by atoms with E-state index in [9.17, 15) is 14.7 Å². The van der Waals surface area contributed by atoms with Gasteiger partial charge in [-0.25, -0.2) is 5.10 Å². The van der Waals surface area contributed by atoms with E-state index in [1.54, 1.807) is 30.3 Å². The summed E-state index contributed by atoms with van der Waals surface area (Å²) in [4.78, 5) is 24.3. The fraction of sp³-hybridized carbons (Fsp3) is 0.0556. The van der Waals surface area contributed by atoms with Gasteiger partial charge in [-0.05, 0) is 48.0 Å². The number of carbonyl (C=O) groups is 1. The predicted molar refractivity (Wildman–Crippen MR) is 99.6 cm³/mol. The number of aromatic nitrogens is 2. The fourth-order valence-corrected chi connectivity index (χ4v) is 2.60. The Hall–Kier alpha value is -2.83. The molecule has 6 nitrogen and oxygen atoms in total. The third-order valence-electron chi connectivity index (χ3n) is 3.65. The number of hydrogen-bond acceptors (Lipinski definition) is 4. The van der Waals surface area contributed by atoms with Crippen LogP contribution in [0.4, 0.5) is 0 Å². The first-order chi connectivity index (χ1) is 12.4. The predicted octanol–water partition coefficient (Wildman–Crippen LogP) is 3.38. The molecule has 0 saturated carbocycles. The van der Waals surface area contributed by atoms with Crippen LogP contribution in [0.15, 0.2) is 53.3 Å². The number of H-pyrrole nitrogens is 1. The molecule has 3 rings (SSSR count). The number of halogens is 2. The molecule has 3 aromatic rings. The maximum absolute atomic E-state index is 12.4. The number of aromatic hydroxyl groups is 1. The molecule has 3 N–H and O–H groups in total. The van der Waals surface area contributed by atoms with Crippen LogP contribution < -0.4 is 10.9 Å². The molecular weight excluding hydrogens is 377 g/mol. The van der Waals surface area contributed by atoms with Crippen molar-refractivity contribution >= 4 is 29.1 Å². The largest absolute Gasteiger partial charge is 0.508 e. The molecule has 0 unspecified atom stereocenters. The highest BCUT2D eigenvalue weighted by molar-refractivity contribution is 6.42. The number of rotatable bonds is 4. The molecule has 0 fully saturated rings. The van der Waals surface area contributed by atoms with Gasteiger partial charge in [0.15, 0.2) is 0 Å². The van der Waals surface area contributed by atoms with Gasteiger partial charge in [0.1, 0.15) is 11.3 Å². The number of hydrogen-bond donors (Lipinski definition) is 3. The minimum absolute atomic E-state index is 0.0665. The maximum atomic E-state index is 12.4. The first-order valence-electron chi connectivity index (χ1n) is 7.55. The Morgan fingerprint density at radius 2 is 1.81 bits per heavy atom. The minimum Gasteiger partial charge on any atom is -0.508 e. The summed E-state index contributed by atoms with van der Waals surface area (Å²) >= 11 is 11.8. The quantitative estimate of drug-likeness (QED) is 0.637. The zero-order valence-electron chi connectivity index (χ0n) is 13.3. The van der Waals surface area contributed by atoms with Crippen molar-refractivity contribution < 1.29 is 9.90 Å². The van der Waals surface area contributed by atoms with E-state index in [1.807, 2.05) is 0 Å². The van der Waals surface area contributed by atoms with Crippen LogP contribution in [0, 0.1) is 0 Å². The second kappa shape index (κ2) is 7.59. The Kier molecular flexibility index (Phi) is 5.25. The number of aromatic amines is 1. The molecule has 0 atom stereocenters. The fourth-order valence-electron chi connectivity index (χ4n) is 2.28. The number of carbonyl (C=O) groups excluding carboxylic acids is 1. The van der Waals surface area contributed by atoms with E-state index in [4.69, 9.17) is 23.2 Å². The van der Waals surface area contributed by atoms with E-state index >= 15 is 0 Å². The smallest absolute Gasteiger partial charge is 0.277 e. The van der Waals surface area contributed by atoms with Crippen LogP contribution in [0.1, 0.15) is 15.9 Å². The lowest BCUT2D eigenvalue weighted by atomic mass is 10.1. The third kappa shape index (κ3) is 4.04. The van der Waals surface area contributed by atoms with E-state index in [0.717, 1.165) is 5.56 Å². The van der Waals surface area contributed by atoms with Gasteiger partial charge in [0.25, 0.3) is 11.5 Å². The lowest BCUT2D eigenvalue weighted by molar-refractivity contribution is 0.0949. The summed E-state index contributed by atoms with van der Waals surface area (Å²) < 4.78 is 0. The molecule has 0 saturated heterocycles. The maximum Gasteiger partial charge on any atom is 0.277 e. The molecule has 8 heteroatoms. The number of phenols is 1. The highest BCUT2D eigenvalue weighted by Crippen LogP contribution is 2.22. The van der Waals surface area contributed by atoms with Crippen molar-refractivity contribution in [3.8, 4) is 17.0 Å². The molecule has 1 aromatic heterocycles. The van der Waals surface area contributed by atoms with Crippen LogP contribution in [0.25, 0.3) is 11.3 Å². The average molecular weight is 390 g/mol. The van der Waals surface area contributed by atoms with Crippen molar-refractivity contribution in [3.05, 3.63) is 80.1 Å². The SMILES string of the molecule is O=C(NCc1ccc(Cl)c(Cl)c1)c1cc(-c2ccc(O)cc2)n[nH]c1=O. The second-order valence-electron chi connectivity index (χ2n) is 5.47. The Bertz CT molecular complexity index is 1020. The summed E-state index contributed by atoms with van der Waals surface area (Å²) in [6, 6.07) is 12.7. The Morgan fingerprint density at radius 3 is 2.50 bits per heavy atom. The summed E-state index contributed by atoms with van der Waals surface area (Å²) in [5.74, 6) is -0.433. The zero-order chi connectivity index (χ0) is 18.7. The number of amides is 1.